The van der Waals surface area contributed by atoms with Crippen LogP contribution >= 0.6 is 0 Å². The van der Waals surface area contributed by atoms with Crippen LogP contribution in [0.4, 0.5) is 10.5 Å². The van der Waals surface area contributed by atoms with Crippen molar-refractivity contribution in [3.05, 3.63) is 65.2 Å². The van der Waals surface area contributed by atoms with Crippen LogP contribution in [0, 0.1) is 0 Å². The third-order valence-corrected chi connectivity index (χ3v) is 5.81. The summed E-state index contributed by atoms with van der Waals surface area (Å²) in [6.07, 6.45) is 1.74. The Hall–Kier alpha value is -2.53. The van der Waals surface area contributed by atoms with Crippen LogP contribution in [0.1, 0.15) is 36.1 Å². The van der Waals surface area contributed by atoms with Crippen molar-refractivity contribution < 1.29 is 9.53 Å². The second-order valence-corrected chi connectivity index (χ2v) is 7.63. The number of hydrogen-bond acceptors (Lipinski definition) is 4. The van der Waals surface area contributed by atoms with Crippen molar-refractivity contribution in [1.29, 1.82) is 0 Å². The first-order valence-electron chi connectivity index (χ1n) is 10.3. The molecule has 0 radical (unpaired) electrons. The molecule has 5 heteroatoms. The zero-order valence-corrected chi connectivity index (χ0v) is 16.6. The molecule has 0 spiro atoms. The van der Waals surface area contributed by atoms with Gasteiger partial charge in [-0.1, -0.05) is 36.4 Å². The lowest BCUT2D eigenvalue weighted by atomic mass is 9.98. The molecule has 2 heterocycles. The lowest BCUT2D eigenvalue weighted by Gasteiger charge is -2.31. The van der Waals surface area contributed by atoms with Gasteiger partial charge in [0.1, 0.15) is 6.61 Å². The zero-order chi connectivity index (χ0) is 19.3. The highest BCUT2D eigenvalue weighted by Gasteiger charge is 2.27. The van der Waals surface area contributed by atoms with Gasteiger partial charge in [0.05, 0.1) is 6.04 Å². The first kappa shape index (κ1) is 18.8. The molecule has 4 rings (SSSR count). The van der Waals surface area contributed by atoms with E-state index in [1.807, 2.05) is 35.2 Å². The molecule has 1 atom stereocenters. The summed E-state index contributed by atoms with van der Waals surface area (Å²) in [5.74, 6) is 0. The molecule has 1 saturated heterocycles. The summed E-state index contributed by atoms with van der Waals surface area (Å²) in [4.78, 5) is 17.1. The van der Waals surface area contributed by atoms with E-state index in [9.17, 15) is 4.79 Å². The van der Waals surface area contributed by atoms with Crippen molar-refractivity contribution in [3.63, 3.8) is 0 Å². The molecular weight excluding hydrogens is 350 g/mol. The molecule has 0 bridgehead atoms. The van der Waals surface area contributed by atoms with Gasteiger partial charge in [-0.15, -0.1) is 0 Å². The lowest BCUT2D eigenvalue weighted by molar-refractivity contribution is 0.0838. The number of nitrogens with zero attached hydrogens (tertiary/aromatic N) is 2. The fourth-order valence-corrected chi connectivity index (χ4v) is 4.17. The quantitative estimate of drug-likeness (QED) is 0.882. The standard InChI is InChI=1S/C23H29N3O2/c1-18-22-16-21(25-14-11-24-12-15-25)10-9-20(22)8-5-13-26(18)23(27)28-17-19-6-3-2-4-7-19/h2-4,6-7,9-10,16,18,24H,5,8,11-15,17H2,1H3/t18-/m0/s1. The average Bonchev–Trinajstić information content (AvgIpc) is 2.92. The number of piperazine rings is 1. The summed E-state index contributed by atoms with van der Waals surface area (Å²) < 4.78 is 5.62. The van der Waals surface area contributed by atoms with Crippen molar-refractivity contribution in [2.45, 2.75) is 32.4 Å². The maximum atomic E-state index is 12.8. The average molecular weight is 380 g/mol. The third-order valence-electron chi connectivity index (χ3n) is 5.81. The Morgan fingerprint density at radius 3 is 2.68 bits per heavy atom. The van der Waals surface area contributed by atoms with Gasteiger partial charge < -0.3 is 19.9 Å². The van der Waals surface area contributed by atoms with E-state index in [0.29, 0.717) is 6.61 Å². The Morgan fingerprint density at radius 1 is 1.11 bits per heavy atom. The van der Waals surface area contributed by atoms with E-state index in [1.54, 1.807) is 0 Å². The van der Waals surface area contributed by atoms with Crippen molar-refractivity contribution in [2.24, 2.45) is 0 Å². The molecule has 28 heavy (non-hydrogen) atoms. The Balaban J connectivity index is 1.49. The molecule has 148 valence electrons. The number of ether oxygens (including phenoxy) is 1. The Morgan fingerprint density at radius 2 is 1.89 bits per heavy atom. The van der Waals surface area contributed by atoms with Gasteiger partial charge in [-0.2, -0.15) is 0 Å². The predicted molar refractivity (Wildman–Crippen MR) is 112 cm³/mol. The maximum absolute atomic E-state index is 12.8. The number of nitrogens with one attached hydrogen (secondary N) is 1. The molecule has 0 aromatic heterocycles. The predicted octanol–water partition coefficient (Wildman–Crippen LogP) is 3.74. The van der Waals surface area contributed by atoms with Crippen LogP contribution in [0.3, 0.4) is 0 Å². The van der Waals surface area contributed by atoms with Crippen LogP contribution < -0.4 is 10.2 Å². The highest BCUT2D eigenvalue weighted by atomic mass is 16.6. The van der Waals surface area contributed by atoms with Gasteiger partial charge in [-0.3, -0.25) is 0 Å². The van der Waals surface area contributed by atoms with E-state index in [2.05, 4.69) is 35.3 Å². The van der Waals surface area contributed by atoms with Crippen molar-refractivity contribution >= 4 is 11.8 Å². The number of fused-ring (bicyclic) bond motifs is 1. The van der Waals surface area contributed by atoms with Gasteiger partial charge in [0, 0.05) is 38.4 Å². The molecule has 2 aromatic carbocycles. The SMILES string of the molecule is C[C@H]1c2cc(N3CCNCC3)ccc2CCCN1C(=O)OCc1ccccc1. The molecule has 2 aliphatic rings. The van der Waals surface area contributed by atoms with Crippen LogP contribution in [0.5, 0.6) is 0 Å². The van der Waals surface area contributed by atoms with Gasteiger partial charge in [0.2, 0.25) is 0 Å². The second-order valence-electron chi connectivity index (χ2n) is 7.63. The minimum absolute atomic E-state index is 0.0173. The topological polar surface area (TPSA) is 44.8 Å². The fraction of sp³-hybridized carbons (Fsp3) is 0.435. The molecule has 1 N–H and O–H groups in total. The molecule has 0 aliphatic carbocycles. The van der Waals surface area contributed by atoms with E-state index in [1.165, 1.54) is 16.8 Å². The Bertz CT molecular complexity index is 803. The molecular formula is C23H29N3O2. The van der Waals surface area contributed by atoms with Gasteiger partial charge in [-0.05, 0) is 48.6 Å². The number of benzene rings is 2. The van der Waals surface area contributed by atoms with Crippen molar-refractivity contribution in [3.8, 4) is 0 Å². The molecule has 2 aliphatic heterocycles. The summed E-state index contributed by atoms with van der Waals surface area (Å²) in [7, 11) is 0. The van der Waals surface area contributed by atoms with E-state index >= 15 is 0 Å². The van der Waals surface area contributed by atoms with Crippen LogP contribution in [-0.2, 0) is 17.8 Å². The van der Waals surface area contributed by atoms with Gasteiger partial charge in [0.25, 0.3) is 0 Å². The fourth-order valence-electron chi connectivity index (χ4n) is 4.17. The van der Waals surface area contributed by atoms with E-state index in [-0.39, 0.29) is 12.1 Å². The van der Waals surface area contributed by atoms with E-state index < -0.39 is 0 Å². The Labute approximate surface area is 167 Å². The first-order valence-corrected chi connectivity index (χ1v) is 10.3. The summed E-state index contributed by atoms with van der Waals surface area (Å²) in [6, 6.07) is 16.6. The first-order chi connectivity index (χ1) is 13.7. The Kier molecular flexibility index (Phi) is 5.81. The van der Waals surface area contributed by atoms with E-state index in [0.717, 1.165) is 51.1 Å². The summed E-state index contributed by atoms with van der Waals surface area (Å²) in [6.45, 7) is 7.25. The van der Waals surface area contributed by atoms with Gasteiger partial charge in [0.15, 0.2) is 0 Å². The summed E-state index contributed by atoms with van der Waals surface area (Å²) >= 11 is 0. The number of hydrogen-bond donors (Lipinski definition) is 1. The van der Waals surface area contributed by atoms with E-state index in [4.69, 9.17) is 4.74 Å². The van der Waals surface area contributed by atoms with Crippen LogP contribution in [0.25, 0.3) is 0 Å². The van der Waals surface area contributed by atoms with Crippen molar-refractivity contribution in [2.75, 3.05) is 37.6 Å². The number of anilines is 1. The van der Waals surface area contributed by atoms with Crippen LogP contribution in [0.15, 0.2) is 48.5 Å². The molecule has 0 unspecified atom stereocenters. The van der Waals surface area contributed by atoms with Crippen LogP contribution in [-0.4, -0.2) is 43.7 Å². The molecule has 1 amide bonds. The molecule has 0 saturated carbocycles. The van der Waals surface area contributed by atoms with Crippen LogP contribution in [0.2, 0.25) is 0 Å². The van der Waals surface area contributed by atoms with Crippen molar-refractivity contribution in [1.82, 2.24) is 10.2 Å². The maximum Gasteiger partial charge on any atom is 0.410 e. The van der Waals surface area contributed by atoms with Gasteiger partial charge >= 0.3 is 6.09 Å². The zero-order valence-electron chi connectivity index (χ0n) is 16.6. The molecule has 2 aromatic rings. The highest BCUT2D eigenvalue weighted by molar-refractivity contribution is 5.69. The number of rotatable bonds is 3. The largest absolute Gasteiger partial charge is 0.445 e. The van der Waals surface area contributed by atoms with Gasteiger partial charge in [-0.25, -0.2) is 4.79 Å². The summed E-state index contributed by atoms with van der Waals surface area (Å²) in [5, 5.41) is 3.40. The summed E-state index contributed by atoms with van der Waals surface area (Å²) in [5.41, 5.74) is 4.88. The number of carbonyl (C=O) groups excluding carboxylic acids is 1. The second kappa shape index (κ2) is 8.65. The lowest BCUT2D eigenvalue weighted by Crippen LogP contribution is -2.43. The smallest absolute Gasteiger partial charge is 0.410 e. The molecule has 5 nitrogen and oxygen atoms in total. The molecule has 1 fully saturated rings. The number of carbonyl (C=O) groups is 1. The number of aryl methyl sites for hydroxylation is 1. The minimum atomic E-state index is -0.225. The third kappa shape index (κ3) is 4.14. The monoisotopic (exact) mass is 379 g/mol. The minimum Gasteiger partial charge on any atom is -0.445 e. The number of amides is 1. The normalized spacial score (nSPS) is 19.7. The highest BCUT2D eigenvalue weighted by Crippen LogP contribution is 2.32.